The van der Waals surface area contributed by atoms with Crippen LogP contribution in [0, 0.1) is 0 Å². The lowest BCUT2D eigenvalue weighted by Crippen LogP contribution is -2.61. The fourth-order valence-corrected chi connectivity index (χ4v) is 18.7. The van der Waals surface area contributed by atoms with Crippen molar-refractivity contribution in [2.75, 3.05) is 9.80 Å². The Morgan fingerprint density at radius 3 is 0.973 bits per heavy atom. The van der Waals surface area contributed by atoms with Gasteiger partial charge >= 0.3 is 0 Å². The predicted molar refractivity (Wildman–Crippen MR) is 475 cm³/mol. The third kappa shape index (κ3) is 10.2. The Kier molecular flexibility index (Phi) is 14.9. The Balaban J connectivity index is 0.921. The fraction of sp³-hybridized carbons (Fsp3) is 0.0377. The van der Waals surface area contributed by atoms with Gasteiger partial charge in [-0.05, 0) is 175 Å². The molecule has 6 heteroatoms. The molecule has 20 aromatic rings. The molecule has 0 saturated heterocycles. The van der Waals surface area contributed by atoms with E-state index in [0.717, 1.165) is 146 Å². The average molecular weight is 1430 g/mol. The molecule has 526 valence electrons. The second kappa shape index (κ2) is 25.7. The van der Waals surface area contributed by atoms with Crippen molar-refractivity contribution in [2.45, 2.75) is 26.2 Å². The van der Waals surface area contributed by atoms with E-state index in [1.165, 1.54) is 59.8 Å². The number of fused-ring (bicyclic) bond motifs is 14. The van der Waals surface area contributed by atoms with Gasteiger partial charge in [-0.3, -0.25) is 0 Å². The molecule has 2 aliphatic heterocycles. The molecule has 3 aromatic heterocycles. The van der Waals surface area contributed by atoms with Gasteiger partial charge in [0.1, 0.15) is 0 Å². The molecule has 0 unspecified atom stereocenters. The lowest BCUT2D eigenvalue weighted by atomic mass is 9.33. The van der Waals surface area contributed by atoms with Crippen molar-refractivity contribution >= 4 is 123 Å². The third-order valence-corrected chi connectivity index (χ3v) is 23.7. The number of hydrogen-bond donors (Lipinski definition) is 0. The van der Waals surface area contributed by atoms with Crippen LogP contribution in [0.4, 0.5) is 34.1 Å². The van der Waals surface area contributed by atoms with Crippen molar-refractivity contribution in [2.24, 2.45) is 0 Å². The molecule has 0 atom stereocenters. The summed E-state index contributed by atoms with van der Waals surface area (Å²) in [7, 11) is 0. The monoisotopic (exact) mass is 1430 g/mol. The minimum Gasteiger partial charge on any atom is -0.310 e. The van der Waals surface area contributed by atoms with Crippen molar-refractivity contribution in [1.82, 2.24) is 13.7 Å². The molecule has 0 spiro atoms. The predicted octanol–water partition coefficient (Wildman–Crippen LogP) is 26.4. The van der Waals surface area contributed by atoms with Crippen molar-refractivity contribution < 1.29 is 0 Å². The maximum atomic E-state index is 2.73. The summed E-state index contributed by atoms with van der Waals surface area (Å²) in [5.41, 5.74) is 34.9. The maximum Gasteiger partial charge on any atom is 0.252 e. The zero-order chi connectivity index (χ0) is 74.3. The summed E-state index contributed by atoms with van der Waals surface area (Å²) in [6.45, 7) is 6.91. The summed E-state index contributed by atoms with van der Waals surface area (Å²) in [4.78, 5) is 5.45. The van der Waals surface area contributed by atoms with Crippen molar-refractivity contribution in [3.8, 4) is 83.8 Å². The molecule has 5 heterocycles. The molecular weight excluding hydrogens is 1350 g/mol. The van der Waals surface area contributed by atoms with E-state index in [0.29, 0.717) is 0 Å². The summed E-state index contributed by atoms with van der Waals surface area (Å²) in [5, 5.41) is 7.26. The van der Waals surface area contributed by atoms with Gasteiger partial charge < -0.3 is 23.5 Å². The molecule has 2 aliphatic rings. The zero-order valence-corrected chi connectivity index (χ0v) is 62.3. The Labute approximate surface area is 651 Å². The third-order valence-electron chi connectivity index (χ3n) is 23.7. The Hall–Kier alpha value is -14.2. The van der Waals surface area contributed by atoms with Gasteiger partial charge in [-0.2, -0.15) is 0 Å². The van der Waals surface area contributed by atoms with E-state index in [1.54, 1.807) is 0 Å². The first-order valence-electron chi connectivity index (χ1n) is 39.0. The molecule has 0 amide bonds. The van der Waals surface area contributed by atoms with Crippen LogP contribution < -0.4 is 26.2 Å². The van der Waals surface area contributed by atoms with Crippen LogP contribution >= 0.6 is 0 Å². The van der Waals surface area contributed by atoms with Crippen LogP contribution in [0.1, 0.15) is 26.3 Å². The van der Waals surface area contributed by atoms with E-state index in [4.69, 9.17) is 0 Å². The quantitative estimate of drug-likeness (QED) is 0.120. The number of aromatic nitrogens is 3. The summed E-state index contributed by atoms with van der Waals surface area (Å²) < 4.78 is 7.55. The Morgan fingerprint density at radius 1 is 0.232 bits per heavy atom. The summed E-state index contributed by atoms with van der Waals surface area (Å²) in [5.74, 6) is 0. The minimum atomic E-state index is -0.373. The lowest BCUT2D eigenvalue weighted by molar-refractivity contribution is 0.590. The lowest BCUT2D eigenvalue weighted by Gasteiger charge is -2.46. The SMILES string of the molecule is CC(C)(C)c1cc2c3c(c1)N(c1c(-c4ccccc4)cc(-c4ccccc4)cc1-c1ccccc1)c1cc(-n4c5ccccc5c5ccc6c(c7ccccc7n6-c6ccccc6)c54)ccc1B3c1ccc(-n3c4ccccc4c4ccccc43)cc1N2c1c(-c2ccccc2)cc(-c2ccccc2)cc1-c1ccccc1. The first-order valence-corrected chi connectivity index (χ1v) is 39.0. The van der Waals surface area contributed by atoms with Crippen molar-refractivity contribution in [1.29, 1.82) is 0 Å². The average Bonchev–Trinajstić information content (AvgIpc) is 0.796. The number of para-hydroxylation sites is 5. The smallest absolute Gasteiger partial charge is 0.252 e. The molecule has 112 heavy (non-hydrogen) atoms. The first-order chi connectivity index (χ1) is 55.3. The standard InChI is InChI=1S/C106H74BN5/c1-106(2,3)77-65-99-102-100(66-77)112(104-88(73-41-19-8-20-42-73)63-76(70-35-13-5-14-36-70)64-89(104)74-43-21-9-22-44-74)98-68-80(110-94-53-31-27-49-83(94)84-57-60-96-101(105(84)110)85-50-28-32-54-95(85)108(96)78-45-23-10-24-46-78)56-59-91(98)107(102)90-58-55-79(109-92-51-29-25-47-81(92)82-48-26-30-52-93(82)109)67-97(90)111(99)103-86(71-37-15-6-16-38-71)61-75(69-33-11-4-12-34-69)62-87(103)72-39-17-7-18-40-72/h4-68H,1-3H3. The molecule has 0 fully saturated rings. The van der Waals surface area contributed by atoms with E-state index < -0.39 is 0 Å². The van der Waals surface area contributed by atoms with E-state index in [1.807, 2.05) is 0 Å². The highest BCUT2D eigenvalue weighted by Crippen LogP contribution is 2.56. The Bertz CT molecular complexity index is 6970. The highest BCUT2D eigenvalue weighted by molar-refractivity contribution is 7.00. The summed E-state index contributed by atoms with van der Waals surface area (Å²) in [6, 6.07) is 148. The number of nitrogens with zero attached hydrogens (tertiary/aromatic N) is 5. The second-order valence-corrected chi connectivity index (χ2v) is 31.1. The number of hydrogen-bond acceptors (Lipinski definition) is 2. The Morgan fingerprint density at radius 2 is 0.562 bits per heavy atom. The first kappa shape index (κ1) is 64.9. The van der Waals surface area contributed by atoms with Gasteiger partial charge in [0.15, 0.2) is 0 Å². The van der Waals surface area contributed by atoms with Crippen molar-refractivity contribution in [3.63, 3.8) is 0 Å². The van der Waals surface area contributed by atoms with Crippen LogP contribution in [0.5, 0.6) is 0 Å². The molecule has 22 rings (SSSR count). The van der Waals surface area contributed by atoms with Gasteiger partial charge in [0.2, 0.25) is 0 Å². The van der Waals surface area contributed by atoms with E-state index in [9.17, 15) is 0 Å². The highest BCUT2D eigenvalue weighted by Gasteiger charge is 2.47. The van der Waals surface area contributed by atoms with Gasteiger partial charge in [-0.25, -0.2) is 0 Å². The van der Waals surface area contributed by atoms with Crippen molar-refractivity contribution in [3.05, 3.63) is 400 Å². The van der Waals surface area contributed by atoms with Crippen LogP contribution in [0.15, 0.2) is 394 Å². The van der Waals surface area contributed by atoms with Gasteiger partial charge in [-0.1, -0.05) is 312 Å². The molecule has 5 nitrogen and oxygen atoms in total. The van der Waals surface area contributed by atoms with E-state index in [-0.39, 0.29) is 12.1 Å². The van der Waals surface area contributed by atoms with Gasteiger partial charge in [0, 0.05) is 94.4 Å². The van der Waals surface area contributed by atoms with Gasteiger partial charge in [0.05, 0.1) is 44.5 Å². The molecule has 0 N–H and O–H groups in total. The fourth-order valence-electron chi connectivity index (χ4n) is 18.7. The van der Waals surface area contributed by atoms with Gasteiger partial charge in [0.25, 0.3) is 6.71 Å². The maximum absolute atomic E-state index is 2.73. The number of rotatable bonds is 11. The molecule has 17 aromatic carbocycles. The van der Waals surface area contributed by atoms with Crippen LogP contribution in [-0.4, -0.2) is 20.4 Å². The summed E-state index contributed by atoms with van der Waals surface area (Å²) in [6.07, 6.45) is 0. The largest absolute Gasteiger partial charge is 0.310 e. The molecule has 0 saturated carbocycles. The summed E-state index contributed by atoms with van der Waals surface area (Å²) >= 11 is 0. The molecular formula is C106H74BN5. The zero-order valence-electron chi connectivity index (χ0n) is 62.3. The van der Waals surface area contributed by atoms with Crippen LogP contribution in [0.3, 0.4) is 0 Å². The second-order valence-electron chi connectivity index (χ2n) is 31.1. The van der Waals surface area contributed by atoms with Crippen LogP contribution in [-0.2, 0) is 5.41 Å². The molecule has 0 bridgehead atoms. The number of anilines is 6. The van der Waals surface area contributed by atoms with E-state index in [2.05, 4.69) is 439 Å². The molecule has 0 aliphatic carbocycles. The van der Waals surface area contributed by atoms with Gasteiger partial charge in [-0.15, -0.1) is 0 Å². The molecule has 0 radical (unpaired) electrons. The normalized spacial score (nSPS) is 12.5. The minimum absolute atomic E-state index is 0.292. The van der Waals surface area contributed by atoms with E-state index >= 15 is 0 Å². The topological polar surface area (TPSA) is 21.3 Å². The van der Waals surface area contributed by atoms with Crippen LogP contribution in [0.2, 0.25) is 0 Å². The number of benzene rings is 17. The highest BCUT2D eigenvalue weighted by atomic mass is 15.2. The van der Waals surface area contributed by atoms with Crippen LogP contribution in [0.25, 0.3) is 149 Å².